The number of nitrogen functional groups attached to an aromatic ring is 1. The Morgan fingerprint density at radius 3 is 2.27 bits per heavy atom. The van der Waals surface area contributed by atoms with E-state index in [2.05, 4.69) is 9.69 Å². The number of nitrogens with one attached hydrogen (secondary N) is 1. The minimum Gasteiger partial charge on any atom is -0.395 e. The molecular weight excluding hydrogens is 529 g/mol. The molecule has 0 fully saturated rings. The van der Waals surface area contributed by atoms with Crippen molar-refractivity contribution in [2.45, 2.75) is 12.6 Å². The summed E-state index contributed by atoms with van der Waals surface area (Å²) in [4.78, 5) is 41.4. The number of amides is 3. The Morgan fingerprint density at radius 2 is 1.57 bits per heavy atom. The summed E-state index contributed by atoms with van der Waals surface area (Å²) in [7, 11) is 0. The Morgan fingerprint density at radius 1 is 0.900 bits per heavy atom. The molecule has 40 heavy (non-hydrogen) atoms. The van der Waals surface area contributed by atoms with Crippen molar-refractivity contribution in [1.29, 1.82) is 0 Å². The number of nitrogens with two attached hydrogens (primary N) is 2. The molecule has 8 nitrogen and oxygen atoms in total. The predicted molar refractivity (Wildman–Crippen MR) is 153 cm³/mol. The van der Waals surface area contributed by atoms with Crippen LogP contribution in [0.15, 0.2) is 97.1 Å². The van der Waals surface area contributed by atoms with E-state index in [9.17, 15) is 18.8 Å². The van der Waals surface area contributed by atoms with Gasteiger partial charge >= 0.3 is 0 Å². The number of hydrogen-bond acceptors (Lipinski definition) is 6. The normalized spacial score (nSPS) is 11.6. The highest BCUT2D eigenvalue weighted by atomic mass is 32.1. The Hall–Kier alpha value is -5.09. The highest BCUT2D eigenvalue weighted by Crippen LogP contribution is 2.37. The van der Waals surface area contributed by atoms with Gasteiger partial charge in [0.2, 0.25) is 5.91 Å². The van der Waals surface area contributed by atoms with Crippen LogP contribution in [0.1, 0.15) is 37.3 Å². The summed E-state index contributed by atoms with van der Waals surface area (Å²) < 4.78 is 17.9. The number of fused-ring (bicyclic) bond motifs is 1. The molecule has 200 valence electrons. The second-order valence-electron chi connectivity index (χ2n) is 8.97. The summed E-state index contributed by atoms with van der Waals surface area (Å²) in [6, 6.07) is 26.2. The average molecular weight is 554 g/mol. The summed E-state index contributed by atoms with van der Waals surface area (Å²) in [5, 5.41) is 4.43. The van der Waals surface area contributed by atoms with E-state index in [4.69, 9.17) is 11.5 Å². The molecule has 1 aromatic heterocycles. The summed E-state index contributed by atoms with van der Waals surface area (Å²) in [5.41, 5.74) is 12.8. The maximum atomic E-state index is 14.3. The zero-order valence-electron chi connectivity index (χ0n) is 21.1. The number of benzene rings is 4. The smallest absolute Gasteiger partial charge is 0.273 e. The fourth-order valence-electron chi connectivity index (χ4n) is 4.47. The molecule has 5 N–H and O–H groups in total. The number of halogens is 1. The first-order chi connectivity index (χ1) is 19.3. The number of carbonyl (C=O) groups excluding carboxylic acids is 3. The molecule has 1 heterocycles. The maximum Gasteiger partial charge on any atom is 0.273 e. The minimum atomic E-state index is -1.24. The van der Waals surface area contributed by atoms with Gasteiger partial charge in [-0.25, -0.2) is 4.39 Å². The average Bonchev–Trinajstić information content (AvgIpc) is 3.37. The van der Waals surface area contributed by atoms with Gasteiger partial charge in [0.05, 0.1) is 11.4 Å². The van der Waals surface area contributed by atoms with E-state index in [0.29, 0.717) is 16.6 Å². The van der Waals surface area contributed by atoms with Crippen molar-refractivity contribution < 1.29 is 18.8 Å². The molecule has 0 spiro atoms. The van der Waals surface area contributed by atoms with Crippen LogP contribution in [-0.2, 0) is 11.3 Å². The monoisotopic (exact) mass is 553 g/mol. The molecule has 0 aliphatic carbocycles. The van der Waals surface area contributed by atoms with Crippen LogP contribution >= 0.6 is 11.5 Å². The zero-order valence-corrected chi connectivity index (χ0v) is 21.9. The molecule has 0 unspecified atom stereocenters. The van der Waals surface area contributed by atoms with Crippen molar-refractivity contribution in [3.8, 4) is 0 Å². The van der Waals surface area contributed by atoms with Crippen LogP contribution in [0.25, 0.3) is 10.8 Å². The summed E-state index contributed by atoms with van der Waals surface area (Å²) in [5.74, 6) is -2.54. The second-order valence-corrected chi connectivity index (χ2v) is 9.74. The fourth-order valence-corrected chi connectivity index (χ4v) is 5.21. The Kier molecular flexibility index (Phi) is 7.52. The first-order valence-corrected chi connectivity index (χ1v) is 13.1. The minimum absolute atomic E-state index is 0.0512. The number of anilines is 2. The Balaban J connectivity index is 1.69. The van der Waals surface area contributed by atoms with E-state index in [1.807, 2.05) is 60.7 Å². The first-order valence-electron chi connectivity index (χ1n) is 12.3. The molecule has 1 atom stereocenters. The van der Waals surface area contributed by atoms with Crippen molar-refractivity contribution >= 4 is 51.4 Å². The number of hydrogen-bond donors (Lipinski definition) is 3. The van der Waals surface area contributed by atoms with Gasteiger partial charge in [-0.05, 0) is 46.2 Å². The van der Waals surface area contributed by atoms with E-state index in [1.54, 1.807) is 12.1 Å². The van der Waals surface area contributed by atoms with Crippen molar-refractivity contribution in [2.24, 2.45) is 5.73 Å². The molecule has 0 bridgehead atoms. The molecule has 3 amide bonds. The van der Waals surface area contributed by atoms with Gasteiger partial charge < -0.3 is 16.8 Å². The van der Waals surface area contributed by atoms with Gasteiger partial charge in [0.15, 0.2) is 5.69 Å². The summed E-state index contributed by atoms with van der Waals surface area (Å²) in [6.07, 6.45) is 0. The van der Waals surface area contributed by atoms with Crippen LogP contribution in [0.4, 0.5) is 15.8 Å². The van der Waals surface area contributed by atoms with Gasteiger partial charge in [0.1, 0.15) is 16.7 Å². The van der Waals surface area contributed by atoms with Crippen LogP contribution in [0.5, 0.6) is 0 Å². The largest absolute Gasteiger partial charge is 0.395 e. The van der Waals surface area contributed by atoms with Crippen molar-refractivity contribution in [2.75, 3.05) is 10.6 Å². The number of rotatable bonds is 8. The van der Waals surface area contributed by atoms with E-state index in [0.717, 1.165) is 22.5 Å². The molecule has 0 saturated heterocycles. The molecule has 0 radical (unpaired) electrons. The van der Waals surface area contributed by atoms with E-state index >= 15 is 0 Å². The van der Waals surface area contributed by atoms with Gasteiger partial charge in [0.25, 0.3) is 11.8 Å². The molecule has 5 rings (SSSR count). The third-order valence-corrected chi connectivity index (χ3v) is 7.25. The summed E-state index contributed by atoms with van der Waals surface area (Å²) >= 11 is 0.719. The number of carbonyl (C=O) groups is 3. The van der Waals surface area contributed by atoms with Crippen LogP contribution in [-0.4, -0.2) is 22.1 Å². The lowest BCUT2D eigenvalue weighted by Gasteiger charge is -2.32. The molecule has 0 saturated carbocycles. The topological polar surface area (TPSA) is 131 Å². The zero-order chi connectivity index (χ0) is 28.2. The van der Waals surface area contributed by atoms with Crippen LogP contribution in [0.3, 0.4) is 0 Å². The van der Waals surface area contributed by atoms with Crippen LogP contribution in [0.2, 0.25) is 0 Å². The molecule has 0 aliphatic rings. The van der Waals surface area contributed by atoms with E-state index in [1.165, 1.54) is 29.2 Å². The Bertz CT molecular complexity index is 1700. The second kappa shape index (κ2) is 11.3. The SMILES string of the molecule is NC(=O)c1nsc(C(=O)N(c2cccc3ccccc23)[C@@H](C(=O)NCc2ccccc2)c2ccc(F)cc2)c1N. The van der Waals surface area contributed by atoms with Crippen LogP contribution in [0, 0.1) is 5.82 Å². The molecule has 5 aromatic rings. The first kappa shape index (κ1) is 26.5. The van der Waals surface area contributed by atoms with Crippen molar-refractivity contribution in [1.82, 2.24) is 9.69 Å². The standard InChI is InChI=1S/C30H24FN5O3S/c31-21-15-13-20(14-16-21)26(29(38)34-17-18-7-2-1-3-8-18)36(23-12-6-10-19-9-4-5-11-22(19)23)30(39)27-24(32)25(28(33)37)35-40-27/h1-16,26H,17,32H2,(H2,33,37)(H,34,38)/t26-/m1/s1. The highest BCUT2D eigenvalue weighted by molar-refractivity contribution is 7.09. The molecule has 10 heteroatoms. The maximum absolute atomic E-state index is 14.3. The lowest BCUT2D eigenvalue weighted by atomic mass is 10.00. The van der Waals surface area contributed by atoms with Gasteiger partial charge in [-0.3, -0.25) is 19.3 Å². The van der Waals surface area contributed by atoms with Crippen molar-refractivity contribution in [3.05, 3.63) is 125 Å². The molecule has 0 aliphatic heterocycles. The van der Waals surface area contributed by atoms with Gasteiger partial charge in [0, 0.05) is 11.9 Å². The number of primary amides is 1. The lowest BCUT2D eigenvalue weighted by Crippen LogP contribution is -2.44. The van der Waals surface area contributed by atoms with Gasteiger partial charge in [-0.15, -0.1) is 0 Å². The molecular formula is C30H24FN5O3S. The van der Waals surface area contributed by atoms with E-state index < -0.39 is 29.6 Å². The quantitative estimate of drug-likeness (QED) is 0.254. The highest BCUT2D eigenvalue weighted by Gasteiger charge is 2.36. The third-order valence-electron chi connectivity index (χ3n) is 6.40. The number of nitrogens with zero attached hydrogens (tertiary/aromatic N) is 2. The van der Waals surface area contributed by atoms with E-state index in [-0.39, 0.29) is 22.8 Å². The third kappa shape index (κ3) is 5.25. The fraction of sp³-hybridized carbons (Fsp3) is 0.0667. The van der Waals surface area contributed by atoms with Crippen molar-refractivity contribution in [3.63, 3.8) is 0 Å². The predicted octanol–water partition coefficient (Wildman–Crippen LogP) is 4.82. The van der Waals surface area contributed by atoms with Gasteiger partial charge in [-0.1, -0.05) is 78.9 Å². The number of aromatic nitrogens is 1. The Labute approximate surface area is 233 Å². The van der Waals surface area contributed by atoms with Gasteiger partial charge in [-0.2, -0.15) is 4.37 Å². The summed E-state index contributed by atoms with van der Waals surface area (Å²) in [6.45, 7) is 0.198. The van der Waals surface area contributed by atoms with Crippen LogP contribution < -0.4 is 21.7 Å². The molecule has 4 aromatic carbocycles. The lowest BCUT2D eigenvalue weighted by molar-refractivity contribution is -0.122.